The zero-order valence-electron chi connectivity index (χ0n) is 11.5. The van der Waals surface area contributed by atoms with Gasteiger partial charge in [0.05, 0.1) is 5.69 Å². The molecule has 1 aliphatic heterocycles. The molecule has 1 N–H and O–H groups in total. The predicted octanol–water partition coefficient (Wildman–Crippen LogP) is 3.55. The smallest absolute Gasteiger partial charge is 0.226 e. The van der Waals surface area contributed by atoms with Crippen LogP contribution in [0.1, 0.15) is 22.9 Å². The normalized spacial score (nSPS) is 17.1. The minimum Gasteiger partial charge on any atom is -0.310 e. The number of aromatic nitrogens is 2. The van der Waals surface area contributed by atoms with E-state index in [1.54, 1.807) is 34.4 Å². The van der Waals surface area contributed by atoms with Crippen molar-refractivity contribution in [1.29, 1.82) is 0 Å². The minimum absolute atomic E-state index is 0.0227. The van der Waals surface area contributed by atoms with Gasteiger partial charge in [-0.05, 0) is 35.7 Å². The summed E-state index contributed by atoms with van der Waals surface area (Å²) in [5.41, 5.74) is 1.62. The molecule has 2 aromatic heterocycles. The highest BCUT2D eigenvalue weighted by atomic mass is 32.1. The number of hydrogen-bond donors (Lipinski definition) is 1. The second kappa shape index (κ2) is 5.06. The van der Waals surface area contributed by atoms with Crippen LogP contribution in [0.15, 0.2) is 48.1 Å². The molecule has 1 atom stereocenters. The summed E-state index contributed by atoms with van der Waals surface area (Å²) in [6, 6.07) is 10.1. The number of fused-ring (bicyclic) bond motifs is 1. The minimum atomic E-state index is -0.293. The van der Waals surface area contributed by atoms with Crippen molar-refractivity contribution in [2.75, 3.05) is 5.32 Å². The standard InChI is InChI=1S/C16H12FN3OS/c17-10-3-5-11(6-4-10)20-9-18-15-12(13-2-1-7-22-13)8-14(21)19-16(15)20/h1-7,9,12H,8H2,(H,19,21)/t12-/m1/s1. The van der Waals surface area contributed by atoms with Crippen molar-refractivity contribution in [1.82, 2.24) is 9.55 Å². The largest absolute Gasteiger partial charge is 0.310 e. The molecule has 0 saturated carbocycles. The predicted molar refractivity (Wildman–Crippen MR) is 82.9 cm³/mol. The van der Waals surface area contributed by atoms with Gasteiger partial charge in [0, 0.05) is 22.9 Å². The molecule has 22 heavy (non-hydrogen) atoms. The van der Waals surface area contributed by atoms with Gasteiger partial charge in [0.15, 0.2) is 0 Å². The average Bonchev–Trinajstić information content (AvgIpc) is 3.16. The van der Waals surface area contributed by atoms with Crippen LogP contribution < -0.4 is 5.32 Å². The quantitative estimate of drug-likeness (QED) is 0.786. The lowest BCUT2D eigenvalue weighted by atomic mass is 9.96. The fourth-order valence-corrected chi connectivity index (χ4v) is 3.56. The highest BCUT2D eigenvalue weighted by molar-refractivity contribution is 7.10. The number of anilines is 1. The number of halogens is 1. The first kappa shape index (κ1) is 13.2. The maximum atomic E-state index is 13.1. The van der Waals surface area contributed by atoms with Crippen molar-refractivity contribution in [2.24, 2.45) is 0 Å². The second-order valence-electron chi connectivity index (χ2n) is 5.15. The van der Waals surface area contributed by atoms with Gasteiger partial charge in [0.1, 0.15) is 18.0 Å². The van der Waals surface area contributed by atoms with Gasteiger partial charge in [-0.3, -0.25) is 9.36 Å². The van der Waals surface area contributed by atoms with Gasteiger partial charge in [-0.15, -0.1) is 11.3 Å². The van der Waals surface area contributed by atoms with Gasteiger partial charge in [-0.25, -0.2) is 9.37 Å². The number of amides is 1. The lowest BCUT2D eigenvalue weighted by Gasteiger charge is -2.22. The molecule has 0 unspecified atom stereocenters. The number of carbonyl (C=O) groups excluding carboxylic acids is 1. The van der Waals surface area contributed by atoms with Crippen molar-refractivity contribution in [3.05, 3.63) is 64.5 Å². The fraction of sp³-hybridized carbons (Fsp3) is 0.125. The molecule has 0 radical (unpaired) electrons. The number of nitrogens with one attached hydrogen (secondary N) is 1. The SMILES string of the molecule is O=C1C[C@H](c2cccs2)c2ncn(-c3ccc(F)cc3)c2N1. The van der Waals surface area contributed by atoms with Crippen LogP contribution in [-0.2, 0) is 4.79 Å². The van der Waals surface area contributed by atoms with Crippen LogP contribution >= 0.6 is 11.3 Å². The second-order valence-corrected chi connectivity index (χ2v) is 6.12. The number of carbonyl (C=O) groups is 1. The van der Waals surface area contributed by atoms with Crippen LogP contribution in [0.25, 0.3) is 5.69 Å². The Morgan fingerprint density at radius 3 is 2.82 bits per heavy atom. The molecule has 3 aromatic rings. The average molecular weight is 313 g/mol. The van der Waals surface area contributed by atoms with Gasteiger partial charge in [-0.2, -0.15) is 0 Å². The Hall–Kier alpha value is -2.47. The molecule has 0 bridgehead atoms. The van der Waals surface area contributed by atoms with Crippen LogP contribution in [0.5, 0.6) is 0 Å². The van der Waals surface area contributed by atoms with E-state index >= 15 is 0 Å². The molecule has 110 valence electrons. The van der Waals surface area contributed by atoms with Crippen molar-refractivity contribution in [3.8, 4) is 5.69 Å². The van der Waals surface area contributed by atoms with E-state index in [4.69, 9.17) is 0 Å². The van der Waals surface area contributed by atoms with E-state index in [1.807, 2.05) is 17.5 Å². The summed E-state index contributed by atoms with van der Waals surface area (Å²) in [5.74, 6) is 0.319. The molecule has 3 heterocycles. The van der Waals surface area contributed by atoms with E-state index in [9.17, 15) is 9.18 Å². The first-order valence-corrected chi connectivity index (χ1v) is 7.77. The summed E-state index contributed by atoms with van der Waals surface area (Å²) < 4.78 is 14.9. The molecule has 0 spiro atoms. The van der Waals surface area contributed by atoms with Gasteiger partial charge in [0.2, 0.25) is 5.91 Å². The number of nitrogens with zero attached hydrogens (tertiary/aromatic N) is 2. The Bertz CT molecular complexity index is 824. The summed E-state index contributed by atoms with van der Waals surface area (Å²) in [7, 11) is 0. The van der Waals surface area contributed by atoms with Crippen LogP contribution in [0.2, 0.25) is 0 Å². The Labute approximate surface area is 130 Å². The van der Waals surface area contributed by atoms with Gasteiger partial charge in [-0.1, -0.05) is 6.07 Å². The van der Waals surface area contributed by atoms with E-state index in [2.05, 4.69) is 10.3 Å². The number of benzene rings is 1. The van der Waals surface area contributed by atoms with E-state index < -0.39 is 0 Å². The maximum Gasteiger partial charge on any atom is 0.226 e. The summed E-state index contributed by atoms with van der Waals surface area (Å²) in [5, 5.41) is 4.88. The number of imidazole rings is 1. The molecule has 1 aliphatic rings. The van der Waals surface area contributed by atoms with E-state index in [-0.39, 0.29) is 17.6 Å². The van der Waals surface area contributed by atoms with Crippen molar-refractivity contribution >= 4 is 23.1 Å². The molecule has 0 aliphatic carbocycles. The Balaban J connectivity index is 1.82. The number of hydrogen-bond acceptors (Lipinski definition) is 3. The molecule has 0 saturated heterocycles. The third kappa shape index (κ3) is 2.12. The first-order chi connectivity index (χ1) is 10.7. The van der Waals surface area contributed by atoms with Gasteiger partial charge < -0.3 is 5.32 Å². The lowest BCUT2D eigenvalue weighted by molar-refractivity contribution is -0.116. The molecule has 6 heteroatoms. The van der Waals surface area contributed by atoms with Crippen LogP contribution in [-0.4, -0.2) is 15.5 Å². The first-order valence-electron chi connectivity index (χ1n) is 6.89. The third-order valence-electron chi connectivity index (χ3n) is 3.76. The molecule has 4 nitrogen and oxygen atoms in total. The van der Waals surface area contributed by atoms with Crippen molar-refractivity contribution in [3.63, 3.8) is 0 Å². The number of rotatable bonds is 2. The van der Waals surface area contributed by atoms with E-state index in [1.165, 1.54) is 12.1 Å². The molecular formula is C16H12FN3OS. The summed E-state index contributed by atoms with van der Waals surface area (Å²) in [4.78, 5) is 17.7. The topological polar surface area (TPSA) is 46.9 Å². The van der Waals surface area contributed by atoms with Gasteiger partial charge >= 0.3 is 0 Å². The summed E-state index contributed by atoms with van der Waals surface area (Å²) >= 11 is 1.62. The molecular weight excluding hydrogens is 301 g/mol. The Morgan fingerprint density at radius 2 is 2.09 bits per heavy atom. The Morgan fingerprint density at radius 1 is 1.27 bits per heavy atom. The number of thiophene rings is 1. The van der Waals surface area contributed by atoms with Crippen LogP contribution in [0, 0.1) is 5.82 Å². The maximum absolute atomic E-state index is 13.1. The summed E-state index contributed by atoms with van der Waals surface area (Å²) in [6.07, 6.45) is 2.07. The van der Waals surface area contributed by atoms with E-state index in [0.717, 1.165) is 16.3 Å². The highest BCUT2D eigenvalue weighted by Crippen LogP contribution is 2.38. The molecule has 1 amide bonds. The molecule has 0 fully saturated rings. The monoisotopic (exact) mass is 313 g/mol. The summed E-state index contributed by atoms with van der Waals surface area (Å²) in [6.45, 7) is 0. The molecule has 1 aromatic carbocycles. The zero-order chi connectivity index (χ0) is 15.1. The van der Waals surface area contributed by atoms with Crippen LogP contribution in [0.4, 0.5) is 10.2 Å². The zero-order valence-corrected chi connectivity index (χ0v) is 12.3. The highest BCUT2D eigenvalue weighted by Gasteiger charge is 2.31. The van der Waals surface area contributed by atoms with Crippen molar-refractivity contribution < 1.29 is 9.18 Å². The van der Waals surface area contributed by atoms with Crippen molar-refractivity contribution in [2.45, 2.75) is 12.3 Å². The Kier molecular flexibility index (Phi) is 3.04. The lowest BCUT2D eigenvalue weighted by Crippen LogP contribution is -2.24. The van der Waals surface area contributed by atoms with Crippen LogP contribution in [0.3, 0.4) is 0 Å². The van der Waals surface area contributed by atoms with Gasteiger partial charge in [0.25, 0.3) is 0 Å². The van der Waals surface area contributed by atoms with E-state index in [0.29, 0.717) is 12.2 Å². The fourth-order valence-electron chi connectivity index (χ4n) is 2.73. The molecule has 4 rings (SSSR count). The third-order valence-corrected chi connectivity index (χ3v) is 4.75.